The van der Waals surface area contributed by atoms with E-state index in [9.17, 15) is 18.0 Å². The minimum atomic E-state index is -3.84. The standard InChI is InChI=1S/C24H26N2O5S/c1-3-4-15-31-24(28)19-9-12-21(13-10-19)25-23(27)17-26(2)32(29,30)22-14-11-18-7-5-6-8-20(18)16-22/h5-14,16H,3-4,15,17H2,1-2H3,(H,25,27). The third-order valence-electron chi connectivity index (χ3n) is 4.93. The first-order valence-electron chi connectivity index (χ1n) is 10.3. The van der Waals surface area contributed by atoms with E-state index in [-0.39, 0.29) is 11.4 Å². The van der Waals surface area contributed by atoms with E-state index in [4.69, 9.17) is 4.74 Å². The van der Waals surface area contributed by atoms with Crippen LogP contribution in [0, 0.1) is 0 Å². The lowest BCUT2D eigenvalue weighted by Gasteiger charge is -2.17. The molecular formula is C24H26N2O5S. The molecular weight excluding hydrogens is 428 g/mol. The lowest BCUT2D eigenvalue weighted by Crippen LogP contribution is -2.34. The van der Waals surface area contributed by atoms with E-state index in [1.165, 1.54) is 13.1 Å². The average Bonchev–Trinajstić information content (AvgIpc) is 2.79. The molecule has 0 fully saturated rings. The quantitative estimate of drug-likeness (QED) is 0.389. The molecule has 0 heterocycles. The van der Waals surface area contributed by atoms with Gasteiger partial charge in [-0.15, -0.1) is 0 Å². The van der Waals surface area contributed by atoms with E-state index in [1.54, 1.807) is 36.4 Å². The van der Waals surface area contributed by atoms with E-state index in [1.807, 2.05) is 31.2 Å². The van der Waals surface area contributed by atoms with Crippen molar-refractivity contribution in [2.75, 3.05) is 25.5 Å². The highest BCUT2D eigenvalue weighted by molar-refractivity contribution is 7.89. The summed E-state index contributed by atoms with van der Waals surface area (Å²) >= 11 is 0. The predicted octanol–water partition coefficient (Wildman–Crippen LogP) is 4.06. The zero-order valence-corrected chi connectivity index (χ0v) is 18.9. The van der Waals surface area contributed by atoms with Crippen molar-refractivity contribution in [2.24, 2.45) is 0 Å². The molecule has 0 saturated carbocycles. The lowest BCUT2D eigenvalue weighted by molar-refractivity contribution is -0.116. The van der Waals surface area contributed by atoms with Crippen molar-refractivity contribution >= 4 is 38.4 Å². The summed E-state index contributed by atoms with van der Waals surface area (Å²) < 4.78 is 31.9. The Morgan fingerprint density at radius 3 is 2.34 bits per heavy atom. The summed E-state index contributed by atoms with van der Waals surface area (Å²) in [4.78, 5) is 24.5. The molecule has 1 N–H and O–H groups in total. The van der Waals surface area contributed by atoms with E-state index in [0.717, 1.165) is 27.9 Å². The van der Waals surface area contributed by atoms with Gasteiger partial charge in [-0.1, -0.05) is 43.7 Å². The number of carbonyl (C=O) groups excluding carboxylic acids is 2. The number of benzene rings is 3. The van der Waals surface area contributed by atoms with Crippen LogP contribution in [0.1, 0.15) is 30.1 Å². The molecule has 0 unspecified atom stereocenters. The van der Waals surface area contributed by atoms with E-state index >= 15 is 0 Å². The Morgan fingerprint density at radius 2 is 1.66 bits per heavy atom. The summed E-state index contributed by atoms with van der Waals surface area (Å²) in [6, 6.07) is 18.6. The summed E-state index contributed by atoms with van der Waals surface area (Å²) in [5.41, 5.74) is 0.840. The van der Waals surface area contributed by atoms with Crippen LogP contribution in [-0.2, 0) is 19.6 Å². The number of nitrogens with zero attached hydrogens (tertiary/aromatic N) is 1. The minimum absolute atomic E-state index is 0.123. The fourth-order valence-corrected chi connectivity index (χ4v) is 4.24. The largest absolute Gasteiger partial charge is 0.462 e. The first kappa shape index (κ1) is 23.4. The number of nitrogens with one attached hydrogen (secondary N) is 1. The Morgan fingerprint density at radius 1 is 0.969 bits per heavy atom. The normalized spacial score (nSPS) is 11.5. The molecule has 0 spiro atoms. The number of anilines is 1. The van der Waals surface area contributed by atoms with Crippen LogP contribution in [-0.4, -0.2) is 44.8 Å². The minimum Gasteiger partial charge on any atom is -0.462 e. The van der Waals surface area contributed by atoms with Gasteiger partial charge in [0.25, 0.3) is 0 Å². The monoisotopic (exact) mass is 454 g/mol. The van der Waals surface area contributed by atoms with Crippen LogP contribution in [0.3, 0.4) is 0 Å². The number of likely N-dealkylation sites (N-methyl/N-ethyl adjacent to an activating group) is 1. The Bertz CT molecular complexity index is 1210. The predicted molar refractivity (Wildman–Crippen MR) is 124 cm³/mol. The fraction of sp³-hybridized carbons (Fsp3) is 0.250. The van der Waals surface area contributed by atoms with Crippen LogP contribution < -0.4 is 5.32 Å². The zero-order valence-electron chi connectivity index (χ0n) is 18.1. The molecule has 8 heteroatoms. The second-order valence-electron chi connectivity index (χ2n) is 7.39. The van der Waals surface area contributed by atoms with Crippen LogP contribution in [0.5, 0.6) is 0 Å². The number of amides is 1. The summed E-state index contributed by atoms with van der Waals surface area (Å²) in [5.74, 6) is -0.910. The number of hydrogen-bond donors (Lipinski definition) is 1. The molecule has 0 aliphatic heterocycles. The molecule has 3 rings (SSSR count). The molecule has 32 heavy (non-hydrogen) atoms. The van der Waals surface area contributed by atoms with Gasteiger partial charge in [-0.25, -0.2) is 13.2 Å². The van der Waals surface area contributed by atoms with Crippen molar-refractivity contribution < 1.29 is 22.7 Å². The molecule has 1 amide bonds. The maximum absolute atomic E-state index is 12.9. The second kappa shape index (κ2) is 10.4. The molecule has 0 aliphatic rings. The van der Waals surface area contributed by atoms with Crippen molar-refractivity contribution in [1.82, 2.24) is 4.31 Å². The molecule has 0 atom stereocenters. The molecule has 3 aromatic carbocycles. The van der Waals surface area contributed by atoms with Crippen molar-refractivity contribution in [3.05, 3.63) is 72.3 Å². The maximum atomic E-state index is 12.9. The molecule has 0 saturated heterocycles. The van der Waals surface area contributed by atoms with Gasteiger partial charge in [0, 0.05) is 12.7 Å². The molecule has 0 bridgehead atoms. The molecule has 0 aliphatic carbocycles. The maximum Gasteiger partial charge on any atom is 0.338 e. The van der Waals surface area contributed by atoms with Crippen molar-refractivity contribution in [2.45, 2.75) is 24.7 Å². The summed E-state index contributed by atoms with van der Waals surface area (Å²) in [5, 5.41) is 4.39. The zero-order chi connectivity index (χ0) is 23.1. The third-order valence-corrected chi connectivity index (χ3v) is 6.73. The van der Waals surface area contributed by atoms with Gasteiger partial charge in [0.15, 0.2) is 0 Å². The Kier molecular flexibility index (Phi) is 7.61. The molecule has 0 aromatic heterocycles. The van der Waals surface area contributed by atoms with Gasteiger partial charge in [0.05, 0.1) is 23.6 Å². The summed E-state index contributed by atoms with van der Waals surface area (Å²) in [6.45, 7) is 2.03. The highest BCUT2D eigenvalue weighted by atomic mass is 32.2. The highest BCUT2D eigenvalue weighted by Gasteiger charge is 2.23. The van der Waals surface area contributed by atoms with Crippen LogP contribution in [0.15, 0.2) is 71.6 Å². The number of hydrogen-bond acceptors (Lipinski definition) is 5. The lowest BCUT2D eigenvalue weighted by atomic mass is 10.1. The van der Waals surface area contributed by atoms with Gasteiger partial charge >= 0.3 is 5.97 Å². The first-order chi connectivity index (χ1) is 15.3. The summed E-state index contributed by atoms with van der Waals surface area (Å²) in [6.07, 6.45) is 1.73. The van der Waals surface area contributed by atoms with Crippen LogP contribution in [0.2, 0.25) is 0 Å². The van der Waals surface area contributed by atoms with Gasteiger partial charge in [-0.05, 0) is 53.6 Å². The van der Waals surface area contributed by atoms with E-state index in [2.05, 4.69) is 5.32 Å². The van der Waals surface area contributed by atoms with Crippen molar-refractivity contribution in [3.8, 4) is 0 Å². The Hall–Kier alpha value is -3.23. The third kappa shape index (κ3) is 5.72. The van der Waals surface area contributed by atoms with E-state index in [0.29, 0.717) is 17.9 Å². The molecule has 3 aromatic rings. The van der Waals surface area contributed by atoms with Crippen molar-refractivity contribution in [3.63, 3.8) is 0 Å². The number of esters is 1. The number of ether oxygens (including phenoxy) is 1. The van der Waals surface area contributed by atoms with Crippen LogP contribution in [0.25, 0.3) is 10.8 Å². The SMILES string of the molecule is CCCCOC(=O)c1ccc(NC(=O)CN(C)S(=O)(=O)c2ccc3ccccc3c2)cc1. The second-order valence-corrected chi connectivity index (χ2v) is 9.43. The number of unbranched alkanes of at least 4 members (excludes halogenated alkanes) is 1. The number of sulfonamides is 1. The molecule has 7 nitrogen and oxygen atoms in total. The van der Waals surface area contributed by atoms with Gasteiger partial charge in [0.1, 0.15) is 0 Å². The molecule has 0 radical (unpaired) electrons. The first-order valence-corrected chi connectivity index (χ1v) is 11.8. The Balaban J connectivity index is 1.61. The van der Waals surface area contributed by atoms with E-state index < -0.39 is 21.9 Å². The van der Waals surface area contributed by atoms with Gasteiger partial charge in [-0.2, -0.15) is 4.31 Å². The van der Waals surface area contributed by atoms with Gasteiger partial charge in [0.2, 0.25) is 15.9 Å². The molecule has 168 valence electrons. The average molecular weight is 455 g/mol. The number of carbonyl (C=O) groups is 2. The highest BCUT2D eigenvalue weighted by Crippen LogP contribution is 2.21. The summed E-state index contributed by atoms with van der Waals surface area (Å²) in [7, 11) is -2.47. The van der Waals surface area contributed by atoms with Crippen LogP contribution >= 0.6 is 0 Å². The number of fused-ring (bicyclic) bond motifs is 1. The topological polar surface area (TPSA) is 92.8 Å². The number of rotatable bonds is 9. The van der Waals surface area contributed by atoms with Crippen molar-refractivity contribution in [1.29, 1.82) is 0 Å². The van der Waals surface area contributed by atoms with Gasteiger partial charge in [-0.3, -0.25) is 4.79 Å². The van der Waals surface area contributed by atoms with Gasteiger partial charge < -0.3 is 10.1 Å². The van der Waals surface area contributed by atoms with Crippen LogP contribution in [0.4, 0.5) is 5.69 Å². The Labute approximate surface area is 188 Å². The fourth-order valence-electron chi connectivity index (χ4n) is 3.08. The smallest absolute Gasteiger partial charge is 0.338 e.